The van der Waals surface area contributed by atoms with Crippen LogP contribution < -0.4 is 0 Å². The van der Waals surface area contributed by atoms with E-state index in [1.165, 1.54) is 11.8 Å². The molecule has 1 unspecified atom stereocenters. The second-order valence-electron chi connectivity index (χ2n) is 6.64. The van der Waals surface area contributed by atoms with Gasteiger partial charge in [0.1, 0.15) is 6.04 Å². The van der Waals surface area contributed by atoms with E-state index in [1.807, 2.05) is 48.5 Å². The standard InChI is InChI=1S/C20H20N4O2S/c1-3-14-8-10-15(11-9-14)18-12-20(24(23-18)27(2,25)26)19-13-21-16-6-4-5-7-17(16)22-19/h4-11,13,20H,3,12H2,1-2H3. The first-order valence-electron chi connectivity index (χ1n) is 8.83. The molecule has 1 aliphatic rings. The molecule has 27 heavy (non-hydrogen) atoms. The van der Waals surface area contributed by atoms with Crippen LogP contribution in [0.15, 0.2) is 59.8 Å². The number of fused-ring (bicyclic) bond motifs is 1. The van der Waals surface area contributed by atoms with Gasteiger partial charge < -0.3 is 0 Å². The summed E-state index contributed by atoms with van der Waals surface area (Å²) < 4.78 is 25.8. The Kier molecular flexibility index (Phi) is 4.39. The van der Waals surface area contributed by atoms with E-state index in [1.54, 1.807) is 6.20 Å². The topological polar surface area (TPSA) is 75.5 Å². The number of para-hydroxylation sites is 2. The third-order valence-corrected chi connectivity index (χ3v) is 5.73. The number of aryl methyl sites for hydroxylation is 1. The van der Waals surface area contributed by atoms with Crippen molar-refractivity contribution in [1.82, 2.24) is 14.4 Å². The number of benzene rings is 2. The summed E-state index contributed by atoms with van der Waals surface area (Å²) in [7, 11) is -3.53. The van der Waals surface area contributed by atoms with Crippen molar-refractivity contribution in [2.75, 3.05) is 6.26 Å². The molecule has 3 aromatic rings. The van der Waals surface area contributed by atoms with E-state index in [2.05, 4.69) is 22.0 Å². The Bertz CT molecular complexity index is 1120. The minimum Gasteiger partial charge on any atom is -0.253 e. The maximum Gasteiger partial charge on any atom is 0.247 e. The monoisotopic (exact) mass is 380 g/mol. The Balaban J connectivity index is 1.73. The molecule has 0 saturated carbocycles. The van der Waals surface area contributed by atoms with Gasteiger partial charge in [-0.2, -0.15) is 9.52 Å². The molecule has 0 aliphatic carbocycles. The fraction of sp³-hybridized carbons (Fsp3) is 0.250. The molecule has 2 heterocycles. The Hall–Kier alpha value is -2.80. The predicted octanol–water partition coefficient (Wildman–Crippen LogP) is 3.30. The molecule has 0 radical (unpaired) electrons. The van der Waals surface area contributed by atoms with Gasteiger partial charge in [-0.3, -0.25) is 4.98 Å². The normalized spacial score (nSPS) is 17.3. The molecule has 6 nitrogen and oxygen atoms in total. The lowest BCUT2D eigenvalue weighted by molar-refractivity contribution is 0.368. The average molecular weight is 380 g/mol. The summed E-state index contributed by atoms with van der Waals surface area (Å²) in [6.07, 6.45) is 4.23. The Morgan fingerprint density at radius 3 is 2.44 bits per heavy atom. The molecular formula is C20H20N4O2S. The van der Waals surface area contributed by atoms with Crippen LogP contribution in [0.3, 0.4) is 0 Å². The first-order valence-corrected chi connectivity index (χ1v) is 10.7. The quantitative estimate of drug-likeness (QED) is 0.696. The number of hydrogen-bond donors (Lipinski definition) is 0. The van der Waals surface area contributed by atoms with Gasteiger partial charge in [0.15, 0.2) is 0 Å². The first-order chi connectivity index (χ1) is 13.0. The van der Waals surface area contributed by atoms with Crippen LogP contribution in [0.2, 0.25) is 0 Å². The first kappa shape index (κ1) is 17.6. The molecule has 1 aliphatic heterocycles. The van der Waals surface area contributed by atoms with Gasteiger partial charge in [0.05, 0.1) is 34.9 Å². The van der Waals surface area contributed by atoms with E-state index in [9.17, 15) is 8.42 Å². The van der Waals surface area contributed by atoms with Crippen molar-refractivity contribution in [3.63, 3.8) is 0 Å². The van der Waals surface area contributed by atoms with E-state index in [0.717, 1.165) is 33.1 Å². The van der Waals surface area contributed by atoms with Crippen molar-refractivity contribution in [3.8, 4) is 0 Å². The highest BCUT2D eigenvalue weighted by Gasteiger charge is 2.35. The SMILES string of the molecule is CCc1ccc(C2=NN(S(C)(=O)=O)C(c3cnc4ccccc4n3)C2)cc1. The van der Waals surface area contributed by atoms with Crippen molar-refractivity contribution >= 4 is 26.8 Å². The summed E-state index contributed by atoms with van der Waals surface area (Å²) in [4.78, 5) is 9.06. The number of hydrazone groups is 1. The van der Waals surface area contributed by atoms with Gasteiger partial charge in [0.2, 0.25) is 10.0 Å². The maximum absolute atomic E-state index is 12.3. The van der Waals surface area contributed by atoms with Crippen LogP contribution in [0.5, 0.6) is 0 Å². The Morgan fingerprint density at radius 1 is 1.07 bits per heavy atom. The van der Waals surface area contributed by atoms with Crippen LogP contribution in [-0.4, -0.2) is 34.8 Å². The van der Waals surface area contributed by atoms with Crippen LogP contribution in [-0.2, 0) is 16.4 Å². The zero-order valence-electron chi connectivity index (χ0n) is 15.2. The van der Waals surface area contributed by atoms with Gasteiger partial charge >= 0.3 is 0 Å². The molecule has 4 rings (SSSR count). The van der Waals surface area contributed by atoms with Gasteiger partial charge in [-0.05, 0) is 29.7 Å². The van der Waals surface area contributed by atoms with Gasteiger partial charge in [0.25, 0.3) is 0 Å². The van der Waals surface area contributed by atoms with Gasteiger partial charge in [0, 0.05) is 6.42 Å². The molecule has 0 amide bonds. The molecule has 2 aromatic carbocycles. The van der Waals surface area contributed by atoms with Crippen LogP contribution in [0.25, 0.3) is 11.0 Å². The Labute approximate surface area is 158 Å². The number of hydrogen-bond acceptors (Lipinski definition) is 5. The highest BCUT2D eigenvalue weighted by atomic mass is 32.2. The number of aromatic nitrogens is 2. The van der Waals surface area contributed by atoms with Crippen molar-refractivity contribution in [1.29, 1.82) is 0 Å². The Morgan fingerprint density at radius 2 is 1.78 bits per heavy atom. The fourth-order valence-corrected chi connectivity index (χ4v) is 4.15. The molecule has 0 fully saturated rings. The summed E-state index contributed by atoms with van der Waals surface area (Å²) in [5, 5.41) is 4.42. The smallest absolute Gasteiger partial charge is 0.247 e. The molecule has 0 N–H and O–H groups in total. The van der Waals surface area contributed by atoms with E-state index in [-0.39, 0.29) is 0 Å². The van der Waals surface area contributed by atoms with E-state index >= 15 is 0 Å². The molecule has 1 aromatic heterocycles. The molecule has 7 heteroatoms. The lowest BCUT2D eigenvalue weighted by Crippen LogP contribution is -2.26. The van der Waals surface area contributed by atoms with E-state index in [4.69, 9.17) is 0 Å². The van der Waals surface area contributed by atoms with Gasteiger partial charge in [-0.15, -0.1) is 0 Å². The van der Waals surface area contributed by atoms with Crippen LogP contribution in [0.1, 0.15) is 36.2 Å². The molecule has 0 spiro atoms. The minimum atomic E-state index is -3.53. The largest absolute Gasteiger partial charge is 0.253 e. The zero-order chi connectivity index (χ0) is 19.0. The average Bonchev–Trinajstić information content (AvgIpc) is 3.14. The summed E-state index contributed by atoms with van der Waals surface area (Å²) in [5.74, 6) is 0. The summed E-state index contributed by atoms with van der Waals surface area (Å²) in [6, 6.07) is 15.1. The van der Waals surface area contributed by atoms with Crippen LogP contribution >= 0.6 is 0 Å². The van der Waals surface area contributed by atoms with Crippen molar-refractivity contribution < 1.29 is 8.42 Å². The van der Waals surface area contributed by atoms with Gasteiger partial charge in [-0.1, -0.05) is 43.3 Å². The molecule has 0 bridgehead atoms. The van der Waals surface area contributed by atoms with Crippen molar-refractivity contribution in [2.24, 2.45) is 5.10 Å². The molecule has 138 valence electrons. The second-order valence-corrected chi connectivity index (χ2v) is 8.48. The van der Waals surface area contributed by atoms with Crippen molar-refractivity contribution in [2.45, 2.75) is 25.8 Å². The summed E-state index contributed by atoms with van der Waals surface area (Å²) >= 11 is 0. The molecule has 0 saturated heterocycles. The van der Waals surface area contributed by atoms with Crippen LogP contribution in [0.4, 0.5) is 0 Å². The van der Waals surface area contributed by atoms with Crippen molar-refractivity contribution in [3.05, 3.63) is 71.5 Å². The highest BCUT2D eigenvalue weighted by molar-refractivity contribution is 7.88. The van der Waals surface area contributed by atoms with E-state index < -0.39 is 16.1 Å². The third kappa shape index (κ3) is 3.42. The fourth-order valence-electron chi connectivity index (χ4n) is 3.25. The van der Waals surface area contributed by atoms with Crippen LogP contribution in [0, 0.1) is 0 Å². The molecule has 1 atom stereocenters. The number of nitrogens with zero attached hydrogens (tertiary/aromatic N) is 4. The lowest BCUT2D eigenvalue weighted by atomic mass is 10.0. The van der Waals surface area contributed by atoms with Gasteiger partial charge in [-0.25, -0.2) is 13.4 Å². The minimum absolute atomic E-state index is 0.464. The highest BCUT2D eigenvalue weighted by Crippen LogP contribution is 2.34. The number of rotatable bonds is 4. The maximum atomic E-state index is 12.3. The van der Waals surface area contributed by atoms with E-state index in [0.29, 0.717) is 12.1 Å². The molecular weight excluding hydrogens is 360 g/mol. The summed E-state index contributed by atoms with van der Waals surface area (Å²) in [6.45, 7) is 2.10. The third-order valence-electron chi connectivity index (χ3n) is 4.72. The number of sulfonamides is 1. The summed E-state index contributed by atoms with van der Waals surface area (Å²) in [5.41, 5.74) is 5.02. The predicted molar refractivity (Wildman–Crippen MR) is 106 cm³/mol. The second kappa shape index (κ2) is 6.74. The zero-order valence-corrected chi connectivity index (χ0v) is 16.0. The lowest BCUT2D eigenvalue weighted by Gasteiger charge is -2.20.